The van der Waals surface area contributed by atoms with Gasteiger partial charge in [0, 0.05) is 10.9 Å². The smallest absolute Gasteiger partial charge is 0.299 e. The maximum Gasteiger partial charge on any atom is 0.384 e. The molecule has 1 saturated carbocycles. The molecule has 33 heavy (non-hydrogen) atoms. The number of thiazole rings is 1. The van der Waals surface area contributed by atoms with E-state index in [-0.39, 0.29) is 5.69 Å². The number of halogens is 11. The first kappa shape index (κ1) is 25.2. The normalized spacial score (nSPS) is 23.6. The summed E-state index contributed by atoms with van der Waals surface area (Å²) >= 11 is 0.323. The van der Waals surface area contributed by atoms with Crippen LogP contribution >= 0.6 is 11.3 Å². The summed E-state index contributed by atoms with van der Waals surface area (Å²) in [4.78, 5) is 15.6. The number of nitrogens with one attached hydrogen (secondary N) is 1. The van der Waals surface area contributed by atoms with E-state index in [1.165, 1.54) is 12.1 Å². The van der Waals surface area contributed by atoms with Crippen LogP contribution < -0.4 is 5.32 Å². The first-order valence-electron chi connectivity index (χ1n) is 8.84. The van der Waals surface area contributed by atoms with Crippen LogP contribution in [0.1, 0.15) is 12.5 Å². The lowest BCUT2D eigenvalue weighted by Gasteiger charge is -2.51. The molecule has 0 saturated heterocycles. The van der Waals surface area contributed by atoms with Gasteiger partial charge in [-0.25, -0.2) is 9.37 Å². The highest BCUT2D eigenvalue weighted by atomic mass is 32.1. The summed E-state index contributed by atoms with van der Waals surface area (Å²) in [5, 5.41) is 1.21. The minimum atomic E-state index is -7.39. The molecule has 1 aromatic carbocycles. The molecule has 1 aliphatic carbocycles. The third-order valence-electron chi connectivity index (χ3n) is 5.14. The van der Waals surface area contributed by atoms with Crippen molar-refractivity contribution in [3.8, 4) is 11.3 Å². The summed E-state index contributed by atoms with van der Waals surface area (Å²) in [6, 6.07) is 6.33. The summed E-state index contributed by atoms with van der Waals surface area (Å²) in [6.07, 6.45) is 0.661. The molecule has 3 rings (SSSR count). The van der Waals surface area contributed by atoms with E-state index >= 15 is 0 Å². The quantitative estimate of drug-likeness (QED) is 0.495. The fourth-order valence-electron chi connectivity index (χ4n) is 3.06. The van der Waals surface area contributed by atoms with Crippen molar-refractivity contribution in [2.75, 3.05) is 5.32 Å². The monoisotopic (exact) mass is 512 g/mol. The first-order valence-corrected chi connectivity index (χ1v) is 9.72. The molecule has 0 radical (unpaired) electrons. The maximum absolute atomic E-state index is 14.7. The van der Waals surface area contributed by atoms with Gasteiger partial charge in [0.25, 0.3) is 5.91 Å². The first-order chi connectivity index (χ1) is 14.9. The van der Waals surface area contributed by atoms with Crippen LogP contribution in [-0.2, 0) is 11.2 Å². The van der Waals surface area contributed by atoms with Gasteiger partial charge in [0.1, 0.15) is 0 Å². The lowest BCUT2D eigenvalue weighted by molar-refractivity contribution is -0.475. The number of benzene rings is 1. The summed E-state index contributed by atoms with van der Waals surface area (Å²) in [6.45, 7) is 1.85. The van der Waals surface area contributed by atoms with Crippen LogP contribution in [0.4, 0.5) is 53.4 Å². The Kier molecular flexibility index (Phi) is 5.55. The summed E-state index contributed by atoms with van der Waals surface area (Å²) in [7, 11) is 0. The highest BCUT2D eigenvalue weighted by Crippen LogP contribution is 2.69. The number of amides is 1. The minimum absolute atomic E-state index is 0.00443. The van der Waals surface area contributed by atoms with Crippen LogP contribution in [0.25, 0.3) is 11.3 Å². The van der Waals surface area contributed by atoms with E-state index < -0.39 is 46.3 Å². The van der Waals surface area contributed by atoms with Gasteiger partial charge in [-0.3, -0.25) is 10.1 Å². The number of rotatable bonds is 4. The van der Waals surface area contributed by atoms with Crippen molar-refractivity contribution in [3.63, 3.8) is 0 Å². The van der Waals surface area contributed by atoms with Gasteiger partial charge in [-0.15, -0.1) is 11.3 Å². The van der Waals surface area contributed by atoms with Gasteiger partial charge >= 0.3 is 35.3 Å². The summed E-state index contributed by atoms with van der Waals surface area (Å²) in [5.74, 6) is -40.0. The Morgan fingerprint density at radius 1 is 0.818 bits per heavy atom. The van der Waals surface area contributed by atoms with Crippen LogP contribution in [-0.4, -0.2) is 46.2 Å². The third kappa shape index (κ3) is 2.99. The molecule has 1 heterocycles. The number of carbonyl (C=O) groups excluding carboxylic acids is 1. The molecule has 0 atom stereocenters. The molecule has 1 aliphatic rings. The zero-order valence-electron chi connectivity index (χ0n) is 16.0. The van der Waals surface area contributed by atoms with Crippen molar-refractivity contribution in [1.29, 1.82) is 0 Å². The molecule has 0 aliphatic heterocycles. The fourth-order valence-corrected chi connectivity index (χ4v) is 3.78. The summed E-state index contributed by atoms with van der Waals surface area (Å²) in [5.41, 5.74) is -5.52. The predicted molar refractivity (Wildman–Crippen MR) is 94.1 cm³/mol. The minimum Gasteiger partial charge on any atom is -0.299 e. The van der Waals surface area contributed by atoms with Crippen molar-refractivity contribution in [1.82, 2.24) is 4.98 Å². The number of carbonyl (C=O) groups is 1. The van der Waals surface area contributed by atoms with Gasteiger partial charge in [0.2, 0.25) is 0 Å². The van der Waals surface area contributed by atoms with Crippen molar-refractivity contribution in [3.05, 3.63) is 35.2 Å². The van der Waals surface area contributed by atoms with E-state index in [1.807, 2.05) is 6.92 Å². The van der Waals surface area contributed by atoms with Crippen LogP contribution in [0.3, 0.4) is 0 Å². The summed E-state index contributed by atoms with van der Waals surface area (Å²) < 4.78 is 151. The maximum atomic E-state index is 14.7. The molecule has 1 amide bonds. The Morgan fingerprint density at radius 2 is 1.27 bits per heavy atom. The molecular weight excluding hydrogens is 501 g/mol. The molecule has 1 fully saturated rings. The molecule has 1 N–H and O–H groups in total. The number of anilines is 1. The second-order valence-corrected chi connectivity index (χ2v) is 7.93. The van der Waals surface area contributed by atoms with Crippen molar-refractivity contribution in [2.45, 2.75) is 48.6 Å². The highest BCUT2D eigenvalue weighted by Gasteiger charge is 3.02. The Bertz CT molecular complexity index is 1040. The molecule has 3 nitrogen and oxygen atoms in total. The molecule has 0 bridgehead atoms. The average molecular weight is 512 g/mol. The van der Waals surface area contributed by atoms with E-state index in [2.05, 4.69) is 4.98 Å². The number of hydrogen-bond donors (Lipinski definition) is 1. The molecule has 182 valence electrons. The van der Waals surface area contributed by atoms with Crippen molar-refractivity contribution in [2.24, 2.45) is 0 Å². The average Bonchev–Trinajstić information content (AvgIpc) is 3.19. The van der Waals surface area contributed by atoms with Gasteiger partial charge in [-0.05, 0) is 12.0 Å². The molecule has 0 spiro atoms. The standard InChI is InChI=1S/C18H11F11N2OS/c1-2-8-3-5-9(6-4-8)10-7-33-12(30-10)31-11(32)13(19)14(20,21)16(24,25)18(28,29)17(26,27)15(13,22)23/h3-7H,2H2,1H3,(H,30,31,32). The fraction of sp³-hybridized carbons (Fsp3) is 0.444. The van der Waals surface area contributed by atoms with Crippen LogP contribution in [0.2, 0.25) is 0 Å². The Morgan fingerprint density at radius 3 is 1.73 bits per heavy atom. The highest BCUT2D eigenvalue weighted by molar-refractivity contribution is 7.14. The van der Waals surface area contributed by atoms with Gasteiger partial charge in [-0.1, -0.05) is 31.2 Å². The number of aromatic nitrogens is 1. The van der Waals surface area contributed by atoms with Gasteiger partial charge < -0.3 is 0 Å². The third-order valence-corrected chi connectivity index (χ3v) is 5.90. The number of nitrogens with zero attached hydrogens (tertiary/aromatic N) is 1. The number of aryl methyl sites for hydroxylation is 1. The van der Waals surface area contributed by atoms with Gasteiger partial charge in [0.05, 0.1) is 5.69 Å². The van der Waals surface area contributed by atoms with Gasteiger partial charge in [0.15, 0.2) is 5.13 Å². The van der Waals surface area contributed by atoms with E-state index in [9.17, 15) is 53.1 Å². The van der Waals surface area contributed by atoms with E-state index in [1.54, 1.807) is 12.1 Å². The molecule has 0 unspecified atom stereocenters. The Labute approximate surface area is 181 Å². The predicted octanol–water partition coefficient (Wildman–Crippen LogP) is 6.21. The Hall–Kier alpha value is -2.45. The number of hydrogen-bond acceptors (Lipinski definition) is 3. The second kappa shape index (κ2) is 7.27. The van der Waals surface area contributed by atoms with E-state index in [4.69, 9.17) is 0 Å². The Balaban J connectivity index is 2.01. The van der Waals surface area contributed by atoms with E-state index in [0.717, 1.165) is 16.3 Å². The molecule has 1 aromatic heterocycles. The molecule has 2 aromatic rings. The molecule has 15 heteroatoms. The second-order valence-electron chi connectivity index (χ2n) is 7.07. The molecular formula is C18H11F11N2OS. The number of alkyl halides is 11. The van der Waals surface area contributed by atoms with E-state index in [0.29, 0.717) is 23.3 Å². The van der Waals surface area contributed by atoms with Crippen LogP contribution in [0.15, 0.2) is 29.6 Å². The lowest BCUT2D eigenvalue weighted by Crippen LogP contribution is -2.86. The van der Waals surface area contributed by atoms with Gasteiger partial charge in [-0.2, -0.15) is 43.9 Å². The van der Waals surface area contributed by atoms with Crippen molar-refractivity contribution < 1.29 is 53.1 Å². The van der Waals surface area contributed by atoms with Crippen LogP contribution in [0.5, 0.6) is 0 Å². The SMILES string of the molecule is CCc1ccc(-c2csc(NC(=O)C3(F)C(F)(F)C(F)(F)C(F)(F)C(F)(F)C3(F)F)n2)cc1. The zero-order chi connectivity index (χ0) is 25.3. The zero-order valence-corrected chi connectivity index (χ0v) is 16.8. The largest absolute Gasteiger partial charge is 0.384 e. The van der Waals surface area contributed by atoms with Crippen molar-refractivity contribution >= 4 is 22.4 Å². The lowest BCUT2D eigenvalue weighted by atomic mass is 9.71. The van der Waals surface area contributed by atoms with Crippen LogP contribution in [0, 0.1) is 0 Å². The topological polar surface area (TPSA) is 42.0 Å².